The van der Waals surface area contributed by atoms with Crippen LogP contribution in [0.2, 0.25) is 0 Å². The smallest absolute Gasteiger partial charge is 0.0603 e. The second-order valence-corrected chi connectivity index (χ2v) is 1.87. The van der Waals surface area contributed by atoms with E-state index in [4.69, 9.17) is 0 Å². The Morgan fingerprint density at radius 1 is 1.78 bits per heavy atom. The highest BCUT2D eigenvalue weighted by Crippen LogP contribution is 2.04. The molecule has 1 aliphatic rings. The van der Waals surface area contributed by atoms with Gasteiger partial charge in [0.15, 0.2) is 0 Å². The van der Waals surface area contributed by atoms with Crippen LogP contribution in [0.3, 0.4) is 0 Å². The fourth-order valence-electron chi connectivity index (χ4n) is 0.648. The molecule has 0 aromatic carbocycles. The Morgan fingerprint density at radius 3 is 2.78 bits per heavy atom. The first-order chi connectivity index (χ1) is 4.34. The van der Waals surface area contributed by atoms with Gasteiger partial charge >= 0.3 is 0 Å². The summed E-state index contributed by atoms with van der Waals surface area (Å²) in [6, 6.07) is 0. The van der Waals surface area contributed by atoms with Crippen LogP contribution in [-0.4, -0.2) is 29.9 Å². The van der Waals surface area contributed by atoms with E-state index in [-0.39, 0.29) is 0 Å². The molecule has 0 unspecified atom stereocenters. The zero-order valence-electron chi connectivity index (χ0n) is 5.78. The Labute approximate surface area is 55.2 Å². The molecule has 0 atom stereocenters. The van der Waals surface area contributed by atoms with Crippen molar-refractivity contribution in [2.75, 3.05) is 13.6 Å². The average molecular weight is 125 g/mol. The van der Waals surface area contributed by atoms with Gasteiger partial charge in [0.1, 0.15) is 0 Å². The van der Waals surface area contributed by atoms with Gasteiger partial charge in [-0.05, 0) is 13.0 Å². The number of hydrazone groups is 1. The van der Waals surface area contributed by atoms with Crippen molar-refractivity contribution >= 4 is 6.21 Å². The standard InChI is InChI=1S/C6H11N3/c1-3-7-8(2)9-5-4-6-9/h3-5H,6H2,1-2H3/b7-3-. The quantitative estimate of drug-likeness (QED) is 0.399. The molecule has 0 amide bonds. The Bertz CT molecular complexity index is 139. The van der Waals surface area contributed by atoms with Crippen LogP contribution in [0.25, 0.3) is 0 Å². The van der Waals surface area contributed by atoms with E-state index in [1.807, 2.05) is 25.2 Å². The molecule has 0 radical (unpaired) electrons. The first kappa shape index (κ1) is 6.13. The molecule has 0 aliphatic carbocycles. The van der Waals surface area contributed by atoms with Crippen LogP contribution in [-0.2, 0) is 0 Å². The molecule has 0 saturated heterocycles. The van der Waals surface area contributed by atoms with Crippen LogP contribution in [0, 0.1) is 0 Å². The Kier molecular flexibility index (Phi) is 1.72. The van der Waals surface area contributed by atoms with Gasteiger partial charge in [-0.3, -0.25) is 5.01 Å². The van der Waals surface area contributed by atoms with Gasteiger partial charge in [0.05, 0.1) is 6.54 Å². The van der Waals surface area contributed by atoms with E-state index in [1.165, 1.54) is 0 Å². The third-order valence-corrected chi connectivity index (χ3v) is 1.22. The van der Waals surface area contributed by atoms with Gasteiger partial charge in [-0.2, -0.15) is 5.10 Å². The molecule has 1 aliphatic heterocycles. The minimum Gasteiger partial charge on any atom is -0.274 e. The molecular formula is C6H11N3. The zero-order chi connectivity index (χ0) is 6.69. The lowest BCUT2D eigenvalue weighted by Gasteiger charge is -2.31. The summed E-state index contributed by atoms with van der Waals surface area (Å²) in [5.74, 6) is 0. The molecule has 0 saturated carbocycles. The lowest BCUT2D eigenvalue weighted by atomic mass is 10.4. The number of hydrazine groups is 1. The minimum atomic E-state index is 0.980. The minimum absolute atomic E-state index is 0.980. The van der Waals surface area contributed by atoms with Crippen LogP contribution in [0.15, 0.2) is 17.4 Å². The molecule has 1 heterocycles. The molecule has 0 N–H and O–H groups in total. The predicted molar refractivity (Wildman–Crippen MR) is 37.8 cm³/mol. The largest absolute Gasteiger partial charge is 0.274 e. The molecule has 3 nitrogen and oxygen atoms in total. The van der Waals surface area contributed by atoms with Crippen molar-refractivity contribution < 1.29 is 0 Å². The summed E-state index contributed by atoms with van der Waals surface area (Å²) in [6.45, 7) is 2.88. The van der Waals surface area contributed by atoms with E-state index in [0.29, 0.717) is 0 Å². The van der Waals surface area contributed by atoms with Crippen molar-refractivity contribution in [1.82, 2.24) is 10.1 Å². The lowest BCUT2D eigenvalue weighted by Crippen LogP contribution is -2.36. The summed E-state index contributed by atoms with van der Waals surface area (Å²) in [6.07, 6.45) is 5.85. The molecule has 0 spiro atoms. The third-order valence-electron chi connectivity index (χ3n) is 1.22. The van der Waals surface area contributed by atoms with Gasteiger partial charge in [-0.1, -0.05) is 0 Å². The van der Waals surface area contributed by atoms with Gasteiger partial charge in [0.2, 0.25) is 0 Å². The van der Waals surface area contributed by atoms with Crippen LogP contribution in [0.1, 0.15) is 6.92 Å². The highest BCUT2D eigenvalue weighted by molar-refractivity contribution is 5.52. The molecule has 0 fully saturated rings. The van der Waals surface area contributed by atoms with Gasteiger partial charge in [-0.15, -0.1) is 0 Å². The van der Waals surface area contributed by atoms with Crippen molar-refractivity contribution in [1.29, 1.82) is 0 Å². The molecule has 9 heavy (non-hydrogen) atoms. The number of nitrogens with zero attached hydrogens (tertiary/aromatic N) is 3. The highest BCUT2D eigenvalue weighted by atomic mass is 15.8. The zero-order valence-corrected chi connectivity index (χ0v) is 5.78. The third kappa shape index (κ3) is 1.22. The molecule has 0 aromatic heterocycles. The fraction of sp³-hybridized carbons (Fsp3) is 0.500. The molecule has 1 rings (SSSR count). The van der Waals surface area contributed by atoms with Crippen molar-refractivity contribution in [2.24, 2.45) is 5.10 Å². The summed E-state index contributed by atoms with van der Waals surface area (Å²) in [4.78, 5) is 0. The topological polar surface area (TPSA) is 18.8 Å². The van der Waals surface area contributed by atoms with E-state index >= 15 is 0 Å². The van der Waals surface area contributed by atoms with E-state index in [9.17, 15) is 0 Å². The van der Waals surface area contributed by atoms with Gasteiger partial charge in [-0.25, -0.2) is 5.12 Å². The van der Waals surface area contributed by atoms with E-state index in [2.05, 4.69) is 11.2 Å². The Morgan fingerprint density at radius 2 is 2.44 bits per heavy atom. The van der Waals surface area contributed by atoms with E-state index in [1.54, 1.807) is 11.3 Å². The van der Waals surface area contributed by atoms with Crippen LogP contribution < -0.4 is 0 Å². The second-order valence-electron chi connectivity index (χ2n) is 1.87. The van der Waals surface area contributed by atoms with Crippen LogP contribution in [0.4, 0.5) is 0 Å². The predicted octanol–water partition coefficient (Wildman–Crippen LogP) is 0.668. The highest BCUT2D eigenvalue weighted by Gasteiger charge is 2.06. The summed E-state index contributed by atoms with van der Waals surface area (Å²) in [5.41, 5.74) is 0. The maximum absolute atomic E-state index is 4.03. The summed E-state index contributed by atoms with van der Waals surface area (Å²) >= 11 is 0. The second kappa shape index (κ2) is 2.53. The molecule has 50 valence electrons. The monoisotopic (exact) mass is 125 g/mol. The normalized spacial score (nSPS) is 16.4. The maximum Gasteiger partial charge on any atom is 0.0603 e. The summed E-state index contributed by atoms with van der Waals surface area (Å²) < 4.78 is 0. The number of hydrogen-bond donors (Lipinski definition) is 0. The molecule has 3 heteroatoms. The van der Waals surface area contributed by atoms with Crippen LogP contribution in [0.5, 0.6) is 0 Å². The Hall–Kier alpha value is -0.990. The maximum atomic E-state index is 4.03. The summed E-state index contributed by atoms with van der Waals surface area (Å²) in [5, 5.41) is 7.85. The fourth-order valence-corrected chi connectivity index (χ4v) is 0.648. The SMILES string of the molecule is C/C=N\N(C)N1C=CC1. The number of hydrogen-bond acceptors (Lipinski definition) is 3. The average Bonchev–Trinajstić information content (AvgIpc) is 1.60. The van der Waals surface area contributed by atoms with Crippen molar-refractivity contribution in [3.63, 3.8) is 0 Å². The number of rotatable bonds is 2. The molecule has 0 bridgehead atoms. The van der Waals surface area contributed by atoms with E-state index < -0.39 is 0 Å². The van der Waals surface area contributed by atoms with Gasteiger partial charge in [0.25, 0.3) is 0 Å². The Balaban J connectivity index is 2.33. The van der Waals surface area contributed by atoms with Gasteiger partial charge < -0.3 is 0 Å². The lowest BCUT2D eigenvalue weighted by molar-refractivity contribution is 0.0497. The van der Waals surface area contributed by atoms with E-state index in [0.717, 1.165) is 6.54 Å². The first-order valence-corrected chi connectivity index (χ1v) is 3.00. The first-order valence-electron chi connectivity index (χ1n) is 3.00. The van der Waals surface area contributed by atoms with Gasteiger partial charge in [0, 0.05) is 19.5 Å². The molecular weight excluding hydrogens is 114 g/mol. The van der Waals surface area contributed by atoms with Crippen LogP contribution >= 0.6 is 0 Å². The molecule has 0 aromatic rings. The van der Waals surface area contributed by atoms with Crippen molar-refractivity contribution in [3.8, 4) is 0 Å². The van der Waals surface area contributed by atoms with Crippen molar-refractivity contribution in [3.05, 3.63) is 12.3 Å². The summed E-state index contributed by atoms with van der Waals surface area (Å²) in [7, 11) is 1.92. The van der Waals surface area contributed by atoms with Crippen molar-refractivity contribution in [2.45, 2.75) is 6.92 Å².